The second-order valence-corrected chi connectivity index (χ2v) is 5.63. The zero-order valence-electron chi connectivity index (χ0n) is 12.1. The number of hydrogen-bond donors (Lipinski definition) is 2. The first-order valence-corrected chi connectivity index (χ1v) is 7.35. The van der Waals surface area contributed by atoms with Crippen molar-refractivity contribution in [2.45, 2.75) is 58.1 Å². The Kier molecular flexibility index (Phi) is 5.37. The van der Waals surface area contributed by atoms with Gasteiger partial charge in [0, 0.05) is 12.6 Å². The van der Waals surface area contributed by atoms with E-state index in [2.05, 4.69) is 37.5 Å². The zero-order chi connectivity index (χ0) is 13.7. The molecule has 1 aliphatic heterocycles. The van der Waals surface area contributed by atoms with Crippen LogP contribution in [0.2, 0.25) is 0 Å². The van der Waals surface area contributed by atoms with E-state index in [1.165, 1.54) is 36.0 Å². The molecule has 0 radical (unpaired) electrons. The summed E-state index contributed by atoms with van der Waals surface area (Å²) in [5.41, 5.74) is 6.88. The number of benzene rings is 1. The SMILES string of the molecule is Cc1ccc(C(CCC2CCCCO2)NN)cc1C. The van der Waals surface area contributed by atoms with E-state index in [9.17, 15) is 0 Å². The van der Waals surface area contributed by atoms with Crippen molar-refractivity contribution in [2.24, 2.45) is 5.84 Å². The molecule has 0 aliphatic carbocycles. The summed E-state index contributed by atoms with van der Waals surface area (Å²) in [7, 11) is 0. The summed E-state index contributed by atoms with van der Waals surface area (Å²) in [5, 5.41) is 0. The lowest BCUT2D eigenvalue weighted by atomic mass is 9.95. The van der Waals surface area contributed by atoms with Crippen molar-refractivity contribution >= 4 is 0 Å². The van der Waals surface area contributed by atoms with E-state index >= 15 is 0 Å². The van der Waals surface area contributed by atoms with E-state index in [4.69, 9.17) is 10.6 Å². The molecule has 0 amide bonds. The van der Waals surface area contributed by atoms with Crippen LogP contribution in [0.25, 0.3) is 0 Å². The molecule has 3 N–H and O–H groups in total. The van der Waals surface area contributed by atoms with Crippen LogP contribution in [0.5, 0.6) is 0 Å². The van der Waals surface area contributed by atoms with Crippen LogP contribution in [0.3, 0.4) is 0 Å². The minimum Gasteiger partial charge on any atom is -0.378 e. The molecule has 1 heterocycles. The van der Waals surface area contributed by atoms with Crippen molar-refractivity contribution in [1.29, 1.82) is 0 Å². The van der Waals surface area contributed by atoms with Crippen molar-refractivity contribution in [3.05, 3.63) is 34.9 Å². The maximum Gasteiger partial charge on any atom is 0.0575 e. The third-order valence-corrected chi connectivity index (χ3v) is 4.19. The summed E-state index contributed by atoms with van der Waals surface area (Å²) in [6.07, 6.45) is 6.26. The summed E-state index contributed by atoms with van der Waals surface area (Å²) < 4.78 is 5.78. The Labute approximate surface area is 116 Å². The molecule has 0 aromatic heterocycles. The monoisotopic (exact) mass is 262 g/mol. The molecule has 2 atom stereocenters. The smallest absolute Gasteiger partial charge is 0.0575 e. The Morgan fingerprint density at radius 2 is 2.16 bits per heavy atom. The predicted molar refractivity (Wildman–Crippen MR) is 78.8 cm³/mol. The van der Waals surface area contributed by atoms with Gasteiger partial charge in [-0.2, -0.15) is 0 Å². The van der Waals surface area contributed by atoms with E-state index in [1.807, 2.05) is 0 Å². The van der Waals surface area contributed by atoms with E-state index in [0.717, 1.165) is 19.4 Å². The van der Waals surface area contributed by atoms with Gasteiger partial charge in [-0.15, -0.1) is 0 Å². The van der Waals surface area contributed by atoms with Crippen molar-refractivity contribution in [3.8, 4) is 0 Å². The lowest BCUT2D eigenvalue weighted by Gasteiger charge is -2.25. The third kappa shape index (κ3) is 4.03. The molecule has 2 unspecified atom stereocenters. The number of ether oxygens (including phenoxy) is 1. The first-order chi connectivity index (χ1) is 9.20. The second-order valence-electron chi connectivity index (χ2n) is 5.63. The number of hydrazine groups is 1. The Morgan fingerprint density at radius 1 is 1.32 bits per heavy atom. The highest BCUT2D eigenvalue weighted by Gasteiger charge is 2.17. The number of aryl methyl sites for hydroxylation is 2. The molecular weight excluding hydrogens is 236 g/mol. The molecule has 0 spiro atoms. The molecule has 2 rings (SSSR count). The van der Waals surface area contributed by atoms with E-state index in [-0.39, 0.29) is 6.04 Å². The van der Waals surface area contributed by atoms with Gasteiger partial charge >= 0.3 is 0 Å². The number of hydrogen-bond acceptors (Lipinski definition) is 3. The normalized spacial score (nSPS) is 21.3. The molecule has 1 fully saturated rings. The lowest BCUT2D eigenvalue weighted by Crippen LogP contribution is -2.29. The van der Waals surface area contributed by atoms with Crippen LogP contribution >= 0.6 is 0 Å². The van der Waals surface area contributed by atoms with Gasteiger partial charge in [-0.05, 0) is 62.6 Å². The van der Waals surface area contributed by atoms with Gasteiger partial charge in [0.05, 0.1) is 6.10 Å². The Hall–Kier alpha value is -0.900. The number of nitrogens with one attached hydrogen (secondary N) is 1. The standard InChI is InChI=1S/C16H26N2O/c1-12-6-7-14(11-13(12)2)16(18-17)9-8-15-5-3-4-10-19-15/h6-7,11,15-16,18H,3-5,8-10,17H2,1-2H3. The first-order valence-electron chi connectivity index (χ1n) is 7.35. The van der Waals surface area contributed by atoms with Gasteiger partial charge in [-0.1, -0.05) is 18.2 Å². The average Bonchev–Trinajstić information content (AvgIpc) is 2.44. The van der Waals surface area contributed by atoms with Crippen LogP contribution in [0.15, 0.2) is 18.2 Å². The van der Waals surface area contributed by atoms with E-state index in [0.29, 0.717) is 6.10 Å². The van der Waals surface area contributed by atoms with Crippen molar-refractivity contribution in [2.75, 3.05) is 6.61 Å². The second kappa shape index (κ2) is 7.04. The topological polar surface area (TPSA) is 47.3 Å². The minimum absolute atomic E-state index is 0.227. The van der Waals surface area contributed by atoms with Crippen molar-refractivity contribution < 1.29 is 4.74 Å². The van der Waals surface area contributed by atoms with Crippen molar-refractivity contribution in [1.82, 2.24) is 5.43 Å². The fraction of sp³-hybridized carbons (Fsp3) is 0.625. The molecule has 1 aromatic rings. The van der Waals surface area contributed by atoms with Gasteiger partial charge < -0.3 is 4.74 Å². The van der Waals surface area contributed by atoms with Crippen LogP contribution in [0.4, 0.5) is 0 Å². The first kappa shape index (κ1) is 14.5. The third-order valence-electron chi connectivity index (χ3n) is 4.19. The Morgan fingerprint density at radius 3 is 2.79 bits per heavy atom. The zero-order valence-corrected chi connectivity index (χ0v) is 12.1. The van der Waals surface area contributed by atoms with Gasteiger partial charge in [-0.25, -0.2) is 0 Å². The average molecular weight is 262 g/mol. The van der Waals surface area contributed by atoms with Gasteiger partial charge in [0.25, 0.3) is 0 Å². The molecular formula is C16H26N2O. The Bertz CT molecular complexity index is 400. The number of nitrogens with two attached hydrogens (primary N) is 1. The molecule has 19 heavy (non-hydrogen) atoms. The quantitative estimate of drug-likeness (QED) is 0.633. The summed E-state index contributed by atoms with van der Waals surface area (Å²) in [6.45, 7) is 5.21. The fourth-order valence-electron chi connectivity index (χ4n) is 2.72. The van der Waals surface area contributed by atoms with Crippen LogP contribution in [0.1, 0.15) is 54.8 Å². The molecule has 3 nitrogen and oxygen atoms in total. The molecule has 1 aromatic carbocycles. The summed E-state index contributed by atoms with van der Waals surface area (Å²) >= 11 is 0. The predicted octanol–water partition coefficient (Wildman–Crippen LogP) is 3.16. The van der Waals surface area contributed by atoms with Crippen LogP contribution in [-0.2, 0) is 4.74 Å². The molecule has 1 saturated heterocycles. The van der Waals surface area contributed by atoms with Gasteiger partial charge in [0.1, 0.15) is 0 Å². The maximum absolute atomic E-state index is 5.78. The molecule has 0 bridgehead atoms. The number of rotatable bonds is 5. The summed E-state index contributed by atoms with van der Waals surface area (Å²) in [5.74, 6) is 5.72. The van der Waals surface area contributed by atoms with Crippen LogP contribution < -0.4 is 11.3 Å². The van der Waals surface area contributed by atoms with E-state index < -0.39 is 0 Å². The van der Waals surface area contributed by atoms with Gasteiger partial charge in [0.2, 0.25) is 0 Å². The summed E-state index contributed by atoms with van der Waals surface area (Å²) in [4.78, 5) is 0. The largest absolute Gasteiger partial charge is 0.378 e. The Balaban J connectivity index is 1.93. The van der Waals surface area contributed by atoms with Gasteiger partial charge in [-0.3, -0.25) is 11.3 Å². The lowest BCUT2D eigenvalue weighted by molar-refractivity contribution is 0.00854. The molecule has 3 heteroatoms. The highest BCUT2D eigenvalue weighted by Crippen LogP contribution is 2.24. The molecule has 0 saturated carbocycles. The minimum atomic E-state index is 0.227. The highest BCUT2D eigenvalue weighted by molar-refractivity contribution is 5.31. The van der Waals surface area contributed by atoms with Crippen LogP contribution in [-0.4, -0.2) is 12.7 Å². The highest BCUT2D eigenvalue weighted by atomic mass is 16.5. The molecule has 1 aliphatic rings. The van der Waals surface area contributed by atoms with Crippen LogP contribution in [0, 0.1) is 13.8 Å². The summed E-state index contributed by atoms with van der Waals surface area (Å²) in [6, 6.07) is 6.81. The van der Waals surface area contributed by atoms with E-state index in [1.54, 1.807) is 0 Å². The molecule has 106 valence electrons. The van der Waals surface area contributed by atoms with Crippen molar-refractivity contribution in [3.63, 3.8) is 0 Å². The fourth-order valence-corrected chi connectivity index (χ4v) is 2.72. The maximum atomic E-state index is 5.78. The van der Waals surface area contributed by atoms with Gasteiger partial charge in [0.15, 0.2) is 0 Å².